The highest BCUT2D eigenvalue weighted by molar-refractivity contribution is 6.03. The van der Waals surface area contributed by atoms with E-state index in [4.69, 9.17) is 0 Å². The van der Waals surface area contributed by atoms with E-state index >= 15 is 0 Å². The van der Waals surface area contributed by atoms with Crippen molar-refractivity contribution in [3.63, 3.8) is 0 Å². The number of hydrogen-bond donors (Lipinski definition) is 2. The first kappa shape index (κ1) is 17.5. The average Bonchev–Trinajstić information content (AvgIpc) is 2.61. The minimum absolute atomic E-state index is 0.0523. The number of aryl methyl sites for hydroxylation is 1. The lowest BCUT2D eigenvalue weighted by Gasteiger charge is -2.11. The second-order valence-corrected chi connectivity index (χ2v) is 5.74. The zero-order chi connectivity index (χ0) is 18.7. The number of aromatic nitrogens is 2. The maximum Gasteiger partial charge on any atom is 0.274 e. The number of halogens is 2. The number of hydrogen-bond acceptors (Lipinski definition) is 4. The molecule has 0 spiro atoms. The normalized spacial score (nSPS) is 10.5. The lowest BCUT2D eigenvalue weighted by molar-refractivity contribution is 0.102. The van der Waals surface area contributed by atoms with Crippen molar-refractivity contribution in [3.05, 3.63) is 77.2 Å². The summed E-state index contributed by atoms with van der Waals surface area (Å²) in [5.74, 6) is -1.77. The molecule has 0 aliphatic rings. The number of nitrogens with zero attached hydrogens (tertiary/aromatic N) is 2. The molecule has 0 aliphatic heterocycles. The first-order chi connectivity index (χ1) is 12.4. The van der Waals surface area contributed by atoms with Gasteiger partial charge in [0.15, 0.2) is 0 Å². The van der Waals surface area contributed by atoms with Gasteiger partial charge in [-0.25, -0.2) is 18.7 Å². The topological polar surface area (TPSA) is 66.9 Å². The van der Waals surface area contributed by atoms with Gasteiger partial charge >= 0.3 is 0 Å². The van der Waals surface area contributed by atoms with Gasteiger partial charge in [0.2, 0.25) is 0 Å². The Morgan fingerprint density at radius 3 is 2.58 bits per heavy atom. The highest BCUT2D eigenvalue weighted by Crippen LogP contribution is 2.22. The molecule has 26 heavy (non-hydrogen) atoms. The molecule has 1 amide bonds. The van der Waals surface area contributed by atoms with Gasteiger partial charge in [0.05, 0.1) is 5.69 Å². The Morgan fingerprint density at radius 1 is 1.00 bits per heavy atom. The summed E-state index contributed by atoms with van der Waals surface area (Å²) < 4.78 is 26.6. The monoisotopic (exact) mass is 354 g/mol. The molecule has 132 valence electrons. The van der Waals surface area contributed by atoms with Crippen molar-refractivity contribution in [3.8, 4) is 0 Å². The zero-order valence-corrected chi connectivity index (χ0v) is 14.2. The Labute approximate surface area is 149 Å². The minimum atomic E-state index is -0.860. The molecular weight excluding hydrogens is 338 g/mol. The van der Waals surface area contributed by atoms with Crippen LogP contribution in [0.4, 0.5) is 26.0 Å². The van der Waals surface area contributed by atoms with Gasteiger partial charge in [-0.2, -0.15) is 0 Å². The first-order valence-corrected chi connectivity index (χ1v) is 7.86. The maximum absolute atomic E-state index is 13.7. The Kier molecular flexibility index (Phi) is 4.88. The van der Waals surface area contributed by atoms with E-state index in [0.717, 1.165) is 28.9 Å². The van der Waals surface area contributed by atoms with E-state index in [-0.39, 0.29) is 11.4 Å². The van der Waals surface area contributed by atoms with E-state index < -0.39 is 17.5 Å². The second-order valence-electron chi connectivity index (χ2n) is 5.74. The standard InChI is InChI=1S/C19H16F2N4O/c1-11-4-3-5-15(12(11)2)24-18-9-17(22-10-23-18)19(26)25-16-7-6-13(20)8-14(16)21/h3-10H,1-2H3,(H,25,26)(H,22,23,24). The van der Waals surface area contributed by atoms with Crippen LogP contribution >= 0.6 is 0 Å². The Hall–Kier alpha value is -3.35. The molecule has 2 N–H and O–H groups in total. The maximum atomic E-state index is 13.7. The van der Waals surface area contributed by atoms with Crippen molar-refractivity contribution in [1.29, 1.82) is 0 Å². The molecule has 0 saturated heterocycles. The molecule has 0 radical (unpaired) electrons. The smallest absolute Gasteiger partial charge is 0.274 e. The van der Waals surface area contributed by atoms with Crippen LogP contribution in [0, 0.1) is 25.5 Å². The van der Waals surface area contributed by atoms with Crippen LogP contribution in [0.5, 0.6) is 0 Å². The van der Waals surface area contributed by atoms with Crippen molar-refractivity contribution < 1.29 is 13.6 Å². The Bertz CT molecular complexity index is 976. The van der Waals surface area contributed by atoms with E-state index in [0.29, 0.717) is 11.9 Å². The third-order valence-corrected chi connectivity index (χ3v) is 3.95. The summed E-state index contributed by atoms with van der Waals surface area (Å²) in [4.78, 5) is 20.3. The highest BCUT2D eigenvalue weighted by atomic mass is 19.1. The molecule has 0 fully saturated rings. The number of anilines is 3. The third kappa shape index (κ3) is 3.83. The second kappa shape index (κ2) is 7.26. The van der Waals surface area contributed by atoms with Crippen LogP contribution in [-0.2, 0) is 0 Å². The van der Waals surface area contributed by atoms with Crippen molar-refractivity contribution in [2.75, 3.05) is 10.6 Å². The molecule has 5 nitrogen and oxygen atoms in total. The van der Waals surface area contributed by atoms with Crippen LogP contribution in [0.1, 0.15) is 21.6 Å². The van der Waals surface area contributed by atoms with Crippen molar-refractivity contribution in [2.24, 2.45) is 0 Å². The van der Waals surface area contributed by atoms with E-state index in [1.807, 2.05) is 32.0 Å². The molecule has 0 saturated carbocycles. The number of rotatable bonds is 4. The third-order valence-electron chi connectivity index (χ3n) is 3.95. The fourth-order valence-electron chi connectivity index (χ4n) is 2.35. The van der Waals surface area contributed by atoms with Crippen LogP contribution in [-0.4, -0.2) is 15.9 Å². The number of carbonyl (C=O) groups excluding carboxylic acids is 1. The largest absolute Gasteiger partial charge is 0.340 e. The Morgan fingerprint density at radius 2 is 1.81 bits per heavy atom. The number of amides is 1. The molecule has 0 atom stereocenters. The fraction of sp³-hybridized carbons (Fsp3) is 0.105. The minimum Gasteiger partial charge on any atom is -0.340 e. The molecular formula is C19H16F2N4O. The summed E-state index contributed by atoms with van der Waals surface area (Å²) in [5, 5.41) is 5.50. The SMILES string of the molecule is Cc1cccc(Nc2cc(C(=O)Nc3ccc(F)cc3F)ncn2)c1C. The van der Waals surface area contributed by atoms with Gasteiger partial charge in [0.25, 0.3) is 5.91 Å². The van der Waals surface area contributed by atoms with E-state index in [2.05, 4.69) is 20.6 Å². The van der Waals surface area contributed by atoms with Gasteiger partial charge in [0, 0.05) is 17.8 Å². The predicted molar refractivity (Wildman–Crippen MR) is 95.5 cm³/mol. The molecule has 1 heterocycles. The van der Waals surface area contributed by atoms with Gasteiger partial charge in [0.1, 0.15) is 29.5 Å². The van der Waals surface area contributed by atoms with Crippen LogP contribution in [0.15, 0.2) is 48.8 Å². The zero-order valence-electron chi connectivity index (χ0n) is 14.2. The average molecular weight is 354 g/mol. The lowest BCUT2D eigenvalue weighted by atomic mass is 10.1. The molecule has 1 aromatic heterocycles. The van der Waals surface area contributed by atoms with Gasteiger partial charge < -0.3 is 10.6 Å². The molecule has 0 unspecified atom stereocenters. The summed E-state index contributed by atoms with van der Waals surface area (Å²) in [6, 6.07) is 10.2. The van der Waals surface area contributed by atoms with Crippen LogP contribution < -0.4 is 10.6 Å². The first-order valence-electron chi connectivity index (χ1n) is 7.86. The van der Waals surface area contributed by atoms with Gasteiger partial charge in [-0.1, -0.05) is 12.1 Å². The van der Waals surface area contributed by atoms with Crippen molar-refractivity contribution in [1.82, 2.24) is 9.97 Å². The predicted octanol–water partition coefficient (Wildman–Crippen LogP) is 4.37. The number of benzene rings is 2. The molecule has 7 heteroatoms. The van der Waals surface area contributed by atoms with Crippen molar-refractivity contribution in [2.45, 2.75) is 13.8 Å². The van der Waals surface area contributed by atoms with Gasteiger partial charge in [-0.3, -0.25) is 4.79 Å². The van der Waals surface area contributed by atoms with Crippen LogP contribution in [0.25, 0.3) is 0 Å². The number of carbonyl (C=O) groups is 1. The summed E-state index contributed by atoms with van der Waals surface area (Å²) in [5.41, 5.74) is 2.97. The summed E-state index contributed by atoms with van der Waals surface area (Å²) in [6.45, 7) is 3.97. The lowest BCUT2D eigenvalue weighted by Crippen LogP contribution is -2.15. The van der Waals surface area contributed by atoms with Crippen molar-refractivity contribution >= 4 is 23.1 Å². The fourth-order valence-corrected chi connectivity index (χ4v) is 2.35. The molecule has 0 bridgehead atoms. The summed E-state index contributed by atoms with van der Waals surface area (Å²) in [6.07, 6.45) is 1.24. The quantitative estimate of drug-likeness (QED) is 0.730. The summed E-state index contributed by atoms with van der Waals surface area (Å²) >= 11 is 0. The van der Waals surface area contributed by atoms with E-state index in [1.54, 1.807) is 0 Å². The Balaban J connectivity index is 1.80. The van der Waals surface area contributed by atoms with Crippen LogP contribution in [0.2, 0.25) is 0 Å². The van der Waals surface area contributed by atoms with E-state index in [1.165, 1.54) is 12.4 Å². The number of nitrogens with one attached hydrogen (secondary N) is 2. The van der Waals surface area contributed by atoms with Gasteiger partial charge in [-0.15, -0.1) is 0 Å². The van der Waals surface area contributed by atoms with E-state index in [9.17, 15) is 13.6 Å². The summed E-state index contributed by atoms with van der Waals surface area (Å²) in [7, 11) is 0. The molecule has 3 aromatic rings. The van der Waals surface area contributed by atoms with Gasteiger partial charge in [-0.05, 0) is 43.2 Å². The van der Waals surface area contributed by atoms with Crippen LogP contribution in [0.3, 0.4) is 0 Å². The highest BCUT2D eigenvalue weighted by Gasteiger charge is 2.13. The molecule has 3 rings (SSSR count). The molecule has 0 aliphatic carbocycles. The molecule has 2 aromatic carbocycles.